The van der Waals surface area contributed by atoms with Gasteiger partial charge in [0, 0.05) is 5.88 Å². The summed E-state index contributed by atoms with van der Waals surface area (Å²) >= 11 is 17.8. The van der Waals surface area contributed by atoms with Gasteiger partial charge in [-0.2, -0.15) is 0 Å². The van der Waals surface area contributed by atoms with E-state index < -0.39 is 9.84 Å². The van der Waals surface area contributed by atoms with Crippen LogP contribution < -0.4 is 9.47 Å². The van der Waals surface area contributed by atoms with Gasteiger partial charge in [0.2, 0.25) is 9.84 Å². The van der Waals surface area contributed by atoms with E-state index >= 15 is 0 Å². The van der Waals surface area contributed by atoms with Crippen LogP contribution in [0.15, 0.2) is 46.2 Å². The van der Waals surface area contributed by atoms with Crippen molar-refractivity contribution in [3.63, 3.8) is 0 Å². The Bertz CT molecular complexity index is 813. The van der Waals surface area contributed by atoms with Gasteiger partial charge in [-0.1, -0.05) is 23.2 Å². The highest BCUT2D eigenvalue weighted by Gasteiger charge is 2.21. The standard InChI is InChI=1S/C18H17Cl3O4S/c1-2-9-25-18-16(20)11-15(12-17(18)21)26(22,23)14-6-4-13(5-7-14)24-10-3-8-19/h2,4-7,11-12H,1,3,8-10H2. The van der Waals surface area contributed by atoms with Crippen LogP contribution in [-0.4, -0.2) is 27.5 Å². The lowest BCUT2D eigenvalue weighted by atomic mass is 10.3. The molecule has 0 saturated carbocycles. The summed E-state index contributed by atoms with van der Waals surface area (Å²) in [5, 5.41) is 0.220. The first-order valence-corrected chi connectivity index (χ1v) is 10.4. The number of ether oxygens (including phenoxy) is 2. The molecule has 2 aromatic carbocycles. The topological polar surface area (TPSA) is 52.6 Å². The van der Waals surface area contributed by atoms with Crippen molar-refractivity contribution in [1.29, 1.82) is 0 Å². The van der Waals surface area contributed by atoms with Gasteiger partial charge in [-0.25, -0.2) is 8.42 Å². The summed E-state index contributed by atoms with van der Waals surface area (Å²) in [4.78, 5) is 0.0864. The molecule has 26 heavy (non-hydrogen) atoms. The molecule has 0 unspecified atom stereocenters. The maximum Gasteiger partial charge on any atom is 0.206 e. The molecule has 0 saturated heterocycles. The van der Waals surface area contributed by atoms with Crippen LogP contribution in [0.25, 0.3) is 0 Å². The minimum atomic E-state index is -3.78. The minimum Gasteiger partial charge on any atom is -0.494 e. The Morgan fingerprint density at radius 2 is 1.62 bits per heavy atom. The van der Waals surface area contributed by atoms with Crippen LogP contribution in [0.5, 0.6) is 11.5 Å². The summed E-state index contributed by atoms with van der Waals surface area (Å²) in [6, 6.07) is 8.74. The van der Waals surface area contributed by atoms with E-state index in [9.17, 15) is 8.42 Å². The van der Waals surface area contributed by atoms with E-state index in [2.05, 4.69) is 6.92 Å². The van der Waals surface area contributed by atoms with Gasteiger partial charge in [-0.3, -0.25) is 0 Å². The fraction of sp³-hybridized carbons (Fsp3) is 0.222. The third kappa shape index (κ3) is 5.19. The second-order valence-corrected chi connectivity index (χ2v) is 8.32. The van der Waals surface area contributed by atoms with E-state index in [1.165, 1.54) is 30.7 Å². The SMILES string of the molecule is [CH2][CH]COc1c(Cl)cc(S(=O)(=O)c2ccc(OCCCCl)cc2)cc1Cl. The van der Waals surface area contributed by atoms with Gasteiger partial charge in [0.25, 0.3) is 0 Å². The van der Waals surface area contributed by atoms with Crippen molar-refractivity contribution >= 4 is 44.6 Å². The van der Waals surface area contributed by atoms with Gasteiger partial charge in [0.05, 0.1) is 33.0 Å². The number of sulfone groups is 1. The van der Waals surface area contributed by atoms with Crippen LogP contribution in [0.4, 0.5) is 0 Å². The van der Waals surface area contributed by atoms with Gasteiger partial charge in [-0.15, -0.1) is 11.6 Å². The average Bonchev–Trinajstić information content (AvgIpc) is 2.61. The Morgan fingerprint density at radius 3 is 2.15 bits per heavy atom. The van der Waals surface area contributed by atoms with Gasteiger partial charge in [-0.05, 0) is 56.2 Å². The van der Waals surface area contributed by atoms with Crippen molar-refractivity contribution < 1.29 is 17.9 Å². The Kier molecular flexibility index (Phi) is 7.89. The van der Waals surface area contributed by atoms with E-state index in [-0.39, 0.29) is 32.2 Å². The zero-order valence-electron chi connectivity index (χ0n) is 13.8. The average molecular weight is 436 g/mol. The second kappa shape index (κ2) is 9.70. The molecule has 0 spiro atoms. The molecule has 0 amide bonds. The Balaban J connectivity index is 2.26. The summed E-state index contributed by atoms with van der Waals surface area (Å²) in [5.41, 5.74) is 0. The molecule has 2 aromatic rings. The number of alkyl halides is 1. The highest BCUT2D eigenvalue weighted by molar-refractivity contribution is 7.91. The molecule has 2 radical (unpaired) electrons. The molecule has 140 valence electrons. The van der Waals surface area contributed by atoms with Crippen LogP contribution in [-0.2, 0) is 9.84 Å². The largest absolute Gasteiger partial charge is 0.494 e. The highest BCUT2D eigenvalue weighted by Crippen LogP contribution is 2.37. The molecule has 8 heteroatoms. The lowest BCUT2D eigenvalue weighted by molar-refractivity contribution is 0.318. The fourth-order valence-corrected chi connectivity index (χ4v) is 4.21. The predicted octanol–water partition coefficient (Wildman–Crippen LogP) is 5.25. The van der Waals surface area contributed by atoms with Crippen molar-refractivity contribution in [3.05, 3.63) is 59.8 Å². The minimum absolute atomic E-state index is 0.0192. The first-order chi connectivity index (χ1) is 12.4. The molecule has 0 N–H and O–H groups in total. The summed E-state index contributed by atoms with van der Waals surface area (Å²) in [5.74, 6) is 1.29. The van der Waals surface area contributed by atoms with E-state index in [1.54, 1.807) is 12.1 Å². The molecule has 0 atom stereocenters. The van der Waals surface area contributed by atoms with Crippen LogP contribution in [0, 0.1) is 13.3 Å². The monoisotopic (exact) mass is 434 g/mol. The number of hydrogen-bond acceptors (Lipinski definition) is 4. The fourth-order valence-electron chi connectivity index (χ4n) is 2.07. The van der Waals surface area contributed by atoms with Crippen molar-refractivity contribution in [2.45, 2.75) is 16.2 Å². The van der Waals surface area contributed by atoms with Crippen LogP contribution in [0.3, 0.4) is 0 Å². The van der Waals surface area contributed by atoms with Gasteiger partial charge in [0.1, 0.15) is 5.75 Å². The summed E-state index contributed by atoms with van der Waals surface area (Å²) in [6.45, 7) is 4.21. The zero-order valence-corrected chi connectivity index (χ0v) is 16.8. The molecule has 0 bridgehead atoms. The number of hydrogen-bond donors (Lipinski definition) is 0. The predicted molar refractivity (Wildman–Crippen MR) is 104 cm³/mol. The maximum atomic E-state index is 12.8. The van der Waals surface area contributed by atoms with Crippen molar-refractivity contribution in [3.8, 4) is 11.5 Å². The van der Waals surface area contributed by atoms with Gasteiger partial charge in [0.15, 0.2) is 5.75 Å². The molecule has 4 nitrogen and oxygen atoms in total. The molecule has 0 aliphatic carbocycles. The van der Waals surface area contributed by atoms with Crippen LogP contribution in [0.1, 0.15) is 6.42 Å². The maximum absolute atomic E-state index is 12.8. The Labute approximate surface area is 168 Å². The molecule has 0 heterocycles. The summed E-state index contributed by atoms with van der Waals surface area (Å²) < 4.78 is 36.4. The molecule has 2 rings (SSSR count). The van der Waals surface area contributed by atoms with Gasteiger partial charge >= 0.3 is 0 Å². The second-order valence-electron chi connectivity index (χ2n) is 5.18. The van der Waals surface area contributed by atoms with E-state index in [1.807, 2.05) is 0 Å². The van der Waals surface area contributed by atoms with E-state index in [0.29, 0.717) is 24.7 Å². The van der Waals surface area contributed by atoms with Crippen LogP contribution in [0.2, 0.25) is 10.0 Å². The quantitative estimate of drug-likeness (QED) is 0.399. The number of benzene rings is 2. The van der Waals surface area contributed by atoms with Crippen molar-refractivity contribution in [2.24, 2.45) is 0 Å². The zero-order chi connectivity index (χ0) is 19.2. The highest BCUT2D eigenvalue weighted by atomic mass is 35.5. The molecule has 0 aliphatic heterocycles. The Hall–Kier alpha value is -1.14. The third-order valence-corrected chi connectivity index (χ3v) is 5.89. The Morgan fingerprint density at radius 1 is 1.00 bits per heavy atom. The molecule has 0 aromatic heterocycles. The smallest absolute Gasteiger partial charge is 0.206 e. The van der Waals surface area contributed by atoms with Gasteiger partial charge < -0.3 is 9.47 Å². The molecule has 0 fully saturated rings. The van der Waals surface area contributed by atoms with Crippen molar-refractivity contribution in [2.75, 3.05) is 19.1 Å². The normalized spacial score (nSPS) is 11.4. The summed E-state index contributed by atoms with van der Waals surface area (Å²) in [7, 11) is -3.78. The summed E-state index contributed by atoms with van der Waals surface area (Å²) in [6.07, 6.45) is 2.24. The van der Waals surface area contributed by atoms with E-state index in [4.69, 9.17) is 44.3 Å². The van der Waals surface area contributed by atoms with E-state index in [0.717, 1.165) is 0 Å². The first kappa shape index (κ1) is 21.2. The first-order valence-electron chi connectivity index (χ1n) is 7.66. The lowest BCUT2D eigenvalue weighted by Gasteiger charge is -2.12. The lowest BCUT2D eigenvalue weighted by Crippen LogP contribution is -2.04. The number of halogens is 3. The third-order valence-electron chi connectivity index (χ3n) is 3.31. The van der Waals surface area contributed by atoms with Crippen molar-refractivity contribution in [1.82, 2.24) is 0 Å². The van der Waals surface area contributed by atoms with Crippen LogP contribution >= 0.6 is 34.8 Å². The molecular formula is C18H17Cl3O4S. The molecule has 0 aliphatic rings. The number of rotatable bonds is 9. The molecular weight excluding hydrogens is 419 g/mol.